The Balaban J connectivity index is 1.98. The van der Waals surface area contributed by atoms with Crippen LogP contribution in [0.3, 0.4) is 0 Å². The first-order valence-corrected chi connectivity index (χ1v) is 7.16. The van der Waals surface area contributed by atoms with E-state index >= 15 is 0 Å². The molecule has 0 unspecified atom stereocenters. The van der Waals surface area contributed by atoms with Crippen LogP contribution in [-0.4, -0.2) is 6.85 Å². The molecule has 2 aromatic carbocycles. The maximum Gasteiger partial charge on any atom is 0.328 e. The summed E-state index contributed by atoms with van der Waals surface area (Å²) in [6.07, 6.45) is 4.50. The van der Waals surface area contributed by atoms with Gasteiger partial charge < -0.3 is 5.23 Å². The standard InChI is InChI=1S/C16H11BBrN/c18-16-10-11-5-1-3-7-13(11)14-9-12-6-2-4-8-15(12)19-17(14)16/h1-10,19H. The molecule has 2 aliphatic rings. The largest absolute Gasteiger partial charge is 0.419 e. The highest BCUT2D eigenvalue weighted by Gasteiger charge is 2.32. The summed E-state index contributed by atoms with van der Waals surface area (Å²) < 4.78 is 1.19. The molecule has 1 nitrogen and oxygen atoms in total. The van der Waals surface area contributed by atoms with E-state index in [1.807, 2.05) is 0 Å². The normalized spacial score (nSPS) is 15.5. The summed E-state index contributed by atoms with van der Waals surface area (Å²) in [4.78, 5) is 0. The minimum absolute atomic E-state index is 0.227. The van der Waals surface area contributed by atoms with E-state index in [1.165, 1.54) is 32.2 Å². The Morgan fingerprint density at radius 2 is 1.58 bits per heavy atom. The zero-order chi connectivity index (χ0) is 12.8. The van der Waals surface area contributed by atoms with Crippen molar-refractivity contribution in [3.63, 3.8) is 0 Å². The molecule has 0 aromatic heterocycles. The van der Waals surface area contributed by atoms with E-state index in [0.29, 0.717) is 0 Å². The number of hydrogen-bond donors (Lipinski definition) is 1. The second-order valence-electron chi connectivity index (χ2n) is 4.88. The Bertz CT molecular complexity index is 733. The fourth-order valence-electron chi connectivity index (χ4n) is 2.81. The fraction of sp³-hybridized carbons (Fsp3) is 0. The quantitative estimate of drug-likeness (QED) is 0.708. The van der Waals surface area contributed by atoms with Crippen LogP contribution in [0.2, 0.25) is 0 Å². The fourth-order valence-corrected chi connectivity index (χ4v) is 3.41. The van der Waals surface area contributed by atoms with Crippen LogP contribution >= 0.6 is 15.9 Å². The monoisotopic (exact) mass is 307 g/mol. The smallest absolute Gasteiger partial charge is 0.328 e. The maximum absolute atomic E-state index is 3.71. The second-order valence-corrected chi connectivity index (χ2v) is 5.80. The Labute approximate surface area is 121 Å². The SMILES string of the molecule is BrC1=Cc2ccccc2C2=Cc3ccccc3NB12. The number of fused-ring (bicyclic) bond motifs is 4. The van der Waals surface area contributed by atoms with Crippen molar-refractivity contribution in [2.24, 2.45) is 0 Å². The van der Waals surface area contributed by atoms with Crippen LogP contribution in [0.25, 0.3) is 17.6 Å². The maximum atomic E-state index is 3.71. The molecule has 2 aliphatic heterocycles. The molecule has 0 atom stereocenters. The lowest BCUT2D eigenvalue weighted by Gasteiger charge is -2.29. The molecular weight excluding hydrogens is 297 g/mol. The van der Waals surface area contributed by atoms with Crippen LogP contribution in [0, 0.1) is 0 Å². The van der Waals surface area contributed by atoms with Crippen molar-refractivity contribution >= 4 is 46.1 Å². The lowest BCUT2D eigenvalue weighted by Crippen LogP contribution is -2.32. The molecule has 19 heavy (non-hydrogen) atoms. The first kappa shape index (κ1) is 11.1. The molecule has 0 aliphatic carbocycles. The van der Waals surface area contributed by atoms with Gasteiger partial charge >= 0.3 is 6.85 Å². The van der Waals surface area contributed by atoms with Crippen LogP contribution in [0.15, 0.2) is 52.9 Å². The van der Waals surface area contributed by atoms with Crippen molar-refractivity contribution in [3.8, 4) is 0 Å². The number of nitrogens with one attached hydrogen (secondary N) is 1. The highest BCUT2D eigenvalue weighted by molar-refractivity contribution is 9.12. The Morgan fingerprint density at radius 1 is 0.842 bits per heavy atom. The molecule has 90 valence electrons. The van der Waals surface area contributed by atoms with Crippen molar-refractivity contribution < 1.29 is 0 Å². The van der Waals surface area contributed by atoms with E-state index in [9.17, 15) is 0 Å². The van der Waals surface area contributed by atoms with Gasteiger partial charge in [0.2, 0.25) is 0 Å². The summed E-state index contributed by atoms with van der Waals surface area (Å²) in [5.74, 6) is 0. The van der Waals surface area contributed by atoms with E-state index in [1.54, 1.807) is 0 Å². The minimum atomic E-state index is 0.227. The van der Waals surface area contributed by atoms with Crippen molar-refractivity contribution in [2.75, 3.05) is 5.23 Å². The van der Waals surface area contributed by atoms with Gasteiger partial charge in [-0.2, -0.15) is 0 Å². The van der Waals surface area contributed by atoms with Gasteiger partial charge in [-0.15, -0.1) is 0 Å². The zero-order valence-electron chi connectivity index (χ0n) is 10.2. The summed E-state index contributed by atoms with van der Waals surface area (Å²) in [5, 5.41) is 3.61. The summed E-state index contributed by atoms with van der Waals surface area (Å²) >= 11 is 3.71. The average Bonchev–Trinajstić information content (AvgIpc) is 2.46. The van der Waals surface area contributed by atoms with Gasteiger partial charge in [0.05, 0.1) is 0 Å². The van der Waals surface area contributed by atoms with Crippen LogP contribution in [0.4, 0.5) is 5.69 Å². The van der Waals surface area contributed by atoms with E-state index in [2.05, 4.69) is 81.8 Å². The lowest BCUT2D eigenvalue weighted by molar-refractivity contribution is 1.55. The first-order chi connectivity index (χ1) is 9.33. The van der Waals surface area contributed by atoms with Gasteiger partial charge in [-0.3, -0.25) is 0 Å². The van der Waals surface area contributed by atoms with Gasteiger partial charge in [0.15, 0.2) is 0 Å². The van der Waals surface area contributed by atoms with Gasteiger partial charge in [0, 0.05) is 5.69 Å². The van der Waals surface area contributed by atoms with Crippen molar-refractivity contribution in [1.29, 1.82) is 0 Å². The number of rotatable bonds is 0. The van der Waals surface area contributed by atoms with E-state index in [0.717, 1.165) is 0 Å². The summed E-state index contributed by atoms with van der Waals surface area (Å²) in [7, 11) is 0. The van der Waals surface area contributed by atoms with Crippen LogP contribution < -0.4 is 5.23 Å². The molecule has 1 N–H and O–H groups in total. The van der Waals surface area contributed by atoms with Crippen LogP contribution in [0.5, 0.6) is 0 Å². The van der Waals surface area contributed by atoms with Crippen molar-refractivity contribution in [2.45, 2.75) is 0 Å². The lowest BCUT2D eigenvalue weighted by atomic mass is 9.49. The second kappa shape index (κ2) is 4.14. The van der Waals surface area contributed by atoms with Crippen molar-refractivity contribution in [3.05, 3.63) is 69.6 Å². The summed E-state index contributed by atoms with van der Waals surface area (Å²) in [6.45, 7) is 0.227. The molecule has 0 spiro atoms. The predicted octanol–water partition coefficient (Wildman–Crippen LogP) is 4.47. The topological polar surface area (TPSA) is 12.0 Å². The van der Waals surface area contributed by atoms with Gasteiger partial charge in [-0.1, -0.05) is 70.5 Å². The zero-order valence-corrected chi connectivity index (χ0v) is 11.8. The van der Waals surface area contributed by atoms with Crippen LogP contribution in [0.1, 0.15) is 16.7 Å². The highest BCUT2D eigenvalue weighted by atomic mass is 79.9. The molecule has 0 bridgehead atoms. The van der Waals surface area contributed by atoms with Crippen LogP contribution in [-0.2, 0) is 0 Å². The van der Waals surface area contributed by atoms with Gasteiger partial charge in [-0.05, 0) is 32.6 Å². The Morgan fingerprint density at radius 3 is 2.47 bits per heavy atom. The highest BCUT2D eigenvalue weighted by Crippen LogP contribution is 2.39. The molecule has 2 heterocycles. The first-order valence-electron chi connectivity index (χ1n) is 6.36. The van der Waals surface area contributed by atoms with Crippen molar-refractivity contribution in [1.82, 2.24) is 0 Å². The molecular formula is C16H11BBrN. The van der Waals surface area contributed by atoms with Gasteiger partial charge in [0.25, 0.3) is 0 Å². The molecule has 0 radical (unpaired) electrons. The molecule has 0 fully saturated rings. The minimum Gasteiger partial charge on any atom is -0.419 e. The van der Waals surface area contributed by atoms with Gasteiger partial charge in [-0.25, -0.2) is 0 Å². The Kier molecular flexibility index (Phi) is 2.42. The number of hydrogen-bond acceptors (Lipinski definition) is 1. The molecule has 3 heteroatoms. The van der Waals surface area contributed by atoms with Gasteiger partial charge in [0.1, 0.15) is 0 Å². The van der Waals surface area contributed by atoms with E-state index in [4.69, 9.17) is 0 Å². The number of halogens is 1. The molecule has 4 rings (SSSR count). The third-order valence-electron chi connectivity index (χ3n) is 3.72. The number of anilines is 1. The third-order valence-corrected chi connectivity index (χ3v) is 4.41. The predicted molar refractivity (Wildman–Crippen MR) is 87.0 cm³/mol. The molecule has 0 saturated heterocycles. The number of para-hydroxylation sites is 1. The summed E-state index contributed by atoms with van der Waals surface area (Å²) in [6, 6.07) is 17.0. The molecule has 0 saturated carbocycles. The van der Waals surface area contributed by atoms with E-state index in [-0.39, 0.29) is 6.85 Å². The molecule has 2 aromatic rings. The van der Waals surface area contributed by atoms with E-state index < -0.39 is 0 Å². The number of benzene rings is 2. The Hall–Kier alpha value is -1.74. The summed E-state index contributed by atoms with van der Waals surface area (Å²) in [5.41, 5.74) is 6.38. The average molecular weight is 308 g/mol. The third kappa shape index (κ3) is 1.69. The molecule has 0 amide bonds.